The third-order valence-corrected chi connectivity index (χ3v) is 5.28. The lowest BCUT2D eigenvalue weighted by Crippen LogP contribution is -2.13. The maximum atomic E-state index is 11.8. The van der Waals surface area contributed by atoms with Crippen molar-refractivity contribution < 1.29 is 19.1 Å². The van der Waals surface area contributed by atoms with Gasteiger partial charge in [-0.2, -0.15) is 0 Å². The maximum absolute atomic E-state index is 11.8. The summed E-state index contributed by atoms with van der Waals surface area (Å²) in [6.07, 6.45) is 11.7. The summed E-state index contributed by atoms with van der Waals surface area (Å²) >= 11 is 0. The van der Waals surface area contributed by atoms with Gasteiger partial charge in [0.2, 0.25) is 0 Å². The molecule has 0 amide bonds. The predicted octanol–water partition coefficient (Wildman–Crippen LogP) is 6.61. The first kappa shape index (κ1) is 25.2. The second kappa shape index (κ2) is 17.1. The van der Waals surface area contributed by atoms with Crippen molar-refractivity contribution in [1.29, 1.82) is 0 Å². The van der Waals surface area contributed by atoms with Gasteiger partial charge in [0.25, 0.3) is 0 Å². The van der Waals surface area contributed by atoms with E-state index in [9.17, 15) is 9.59 Å². The Morgan fingerprint density at radius 1 is 0.793 bits per heavy atom. The monoisotopic (exact) mass is 404 g/mol. The first-order chi connectivity index (χ1) is 14.2. The van der Waals surface area contributed by atoms with Gasteiger partial charge in [0, 0.05) is 12.8 Å². The van der Waals surface area contributed by atoms with Crippen LogP contribution in [-0.2, 0) is 25.7 Å². The molecule has 0 heterocycles. The Bertz CT molecular complexity index is 541. The number of esters is 2. The zero-order valence-electron chi connectivity index (χ0n) is 18.5. The fraction of sp³-hybridized carbons (Fsp3) is 0.680. The minimum Gasteiger partial charge on any atom is -0.465 e. The third-order valence-electron chi connectivity index (χ3n) is 5.28. The molecule has 0 fully saturated rings. The van der Waals surface area contributed by atoms with Gasteiger partial charge in [-0.05, 0) is 30.7 Å². The molecule has 0 aliphatic carbocycles. The van der Waals surface area contributed by atoms with E-state index in [2.05, 4.69) is 13.8 Å². The summed E-state index contributed by atoms with van der Waals surface area (Å²) in [5.74, 6) is 0.334. The van der Waals surface area contributed by atoms with Crippen molar-refractivity contribution in [3.63, 3.8) is 0 Å². The molecule has 0 aromatic heterocycles. The lowest BCUT2D eigenvalue weighted by atomic mass is 10.0. The molecular weight excluding hydrogens is 364 g/mol. The number of rotatable bonds is 17. The van der Waals surface area contributed by atoms with Gasteiger partial charge in [0.15, 0.2) is 0 Å². The highest BCUT2D eigenvalue weighted by Crippen LogP contribution is 2.14. The summed E-state index contributed by atoms with van der Waals surface area (Å²) < 4.78 is 10.7. The minimum absolute atomic E-state index is 0.0545. The van der Waals surface area contributed by atoms with E-state index < -0.39 is 0 Å². The molecule has 1 atom stereocenters. The molecule has 4 nitrogen and oxygen atoms in total. The van der Waals surface area contributed by atoms with Gasteiger partial charge < -0.3 is 9.47 Å². The van der Waals surface area contributed by atoms with Crippen LogP contribution in [0.1, 0.15) is 96.5 Å². The Hall–Kier alpha value is -1.84. The highest BCUT2D eigenvalue weighted by atomic mass is 16.5. The number of benzene rings is 1. The van der Waals surface area contributed by atoms with E-state index in [1.54, 1.807) is 0 Å². The number of hydrogen-bond acceptors (Lipinski definition) is 4. The summed E-state index contributed by atoms with van der Waals surface area (Å²) in [5.41, 5.74) is 1.02. The van der Waals surface area contributed by atoms with E-state index in [1.165, 1.54) is 12.8 Å². The summed E-state index contributed by atoms with van der Waals surface area (Å²) in [6.45, 7) is 5.29. The number of hydrogen-bond donors (Lipinski definition) is 0. The van der Waals surface area contributed by atoms with Crippen LogP contribution >= 0.6 is 0 Å². The summed E-state index contributed by atoms with van der Waals surface area (Å²) in [4.78, 5) is 23.6. The van der Waals surface area contributed by atoms with E-state index in [0.29, 0.717) is 32.0 Å². The predicted molar refractivity (Wildman–Crippen MR) is 117 cm³/mol. The quantitative estimate of drug-likeness (QED) is 0.216. The van der Waals surface area contributed by atoms with Crippen LogP contribution < -0.4 is 0 Å². The molecule has 29 heavy (non-hydrogen) atoms. The smallest absolute Gasteiger partial charge is 0.306 e. The summed E-state index contributed by atoms with van der Waals surface area (Å²) in [5, 5.41) is 0. The molecule has 1 unspecified atom stereocenters. The van der Waals surface area contributed by atoms with Crippen molar-refractivity contribution in [2.24, 2.45) is 5.92 Å². The van der Waals surface area contributed by atoms with Crippen LogP contribution in [0.2, 0.25) is 0 Å². The zero-order valence-corrected chi connectivity index (χ0v) is 18.5. The van der Waals surface area contributed by atoms with Crippen LogP contribution in [0.4, 0.5) is 0 Å². The number of carbonyl (C=O) groups excluding carboxylic acids is 2. The normalized spacial score (nSPS) is 11.8. The van der Waals surface area contributed by atoms with Crippen LogP contribution in [0.3, 0.4) is 0 Å². The largest absolute Gasteiger partial charge is 0.465 e. The summed E-state index contributed by atoms with van der Waals surface area (Å²) in [6, 6.07) is 9.75. The van der Waals surface area contributed by atoms with Crippen LogP contribution in [0.25, 0.3) is 0 Å². The molecule has 4 heteroatoms. The van der Waals surface area contributed by atoms with Gasteiger partial charge in [-0.3, -0.25) is 9.59 Å². The second-order valence-electron chi connectivity index (χ2n) is 7.87. The van der Waals surface area contributed by atoms with Gasteiger partial charge in [0.1, 0.15) is 6.61 Å². The Balaban J connectivity index is 1.92. The standard InChI is InChI=1S/C25H40O4/c1-3-5-15-22(4-2)20-28-24(26)18-13-8-6-7-9-14-19-25(27)29-21-23-16-11-10-12-17-23/h10-12,16-17,22H,3-9,13-15,18-21H2,1-2H3. The number of unbranched alkanes of at least 4 members (excludes halogenated alkanes) is 6. The van der Waals surface area contributed by atoms with E-state index in [0.717, 1.165) is 56.9 Å². The van der Waals surface area contributed by atoms with Crippen LogP contribution in [0.15, 0.2) is 30.3 Å². The Kier molecular flexibility index (Phi) is 14.8. The van der Waals surface area contributed by atoms with E-state index in [-0.39, 0.29) is 11.9 Å². The van der Waals surface area contributed by atoms with Crippen LogP contribution in [0.5, 0.6) is 0 Å². The van der Waals surface area contributed by atoms with Crippen LogP contribution in [-0.4, -0.2) is 18.5 Å². The van der Waals surface area contributed by atoms with Crippen molar-refractivity contribution in [2.75, 3.05) is 6.61 Å². The minimum atomic E-state index is -0.124. The van der Waals surface area contributed by atoms with Gasteiger partial charge in [-0.1, -0.05) is 89.1 Å². The Morgan fingerprint density at radius 2 is 1.38 bits per heavy atom. The van der Waals surface area contributed by atoms with Crippen molar-refractivity contribution in [1.82, 2.24) is 0 Å². The highest BCUT2D eigenvalue weighted by Gasteiger charge is 2.10. The first-order valence-corrected chi connectivity index (χ1v) is 11.5. The first-order valence-electron chi connectivity index (χ1n) is 11.5. The molecule has 0 N–H and O–H groups in total. The lowest BCUT2D eigenvalue weighted by Gasteiger charge is -2.14. The van der Waals surface area contributed by atoms with E-state index >= 15 is 0 Å². The van der Waals surface area contributed by atoms with Crippen molar-refractivity contribution in [3.05, 3.63) is 35.9 Å². The fourth-order valence-corrected chi connectivity index (χ4v) is 3.24. The molecule has 1 aromatic carbocycles. The topological polar surface area (TPSA) is 52.6 Å². The van der Waals surface area contributed by atoms with Gasteiger partial charge >= 0.3 is 11.9 Å². The molecule has 0 saturated carbocycles. The number of ether oxygens (including phenoxy) is 2. The molecule has 0 radical (unpaired) electrons. The van der Waals surface area contributed by atoms with Crippen LogP contribution in [0, 0.1) is 5.92 Å². The SMILES string of the molecule is CCCCC(CC)COC(=O)CCCCCCCCC(=O)OCc1ccccc1. The molecule has 0 spiro atoms. The van der Waals surface area contributed by atoms with Gasteiger partial charge in [0.05, 0.1) is 6.61 Å². The Morgan fingerprint density at radius 3 is 1.97 bits per heavy atom. The Labute approximate surface area is 177 Å². The lowest BCUT2D eigenvalue weighted by molar-refractivity contribution is -0.146. The molecule has 0 bridgehead atoms. The average molecular weight is 405 g/mol. The fourth-order valence-electron chi connectivity index (χ4n) is 3.24. The molecule has 164 valence electrons. The highest BCUT2D eigenvalue weighted by molar-refractivity contribution is 5.69. The molecule has 1 rings (SSSR count). The summed E-state index contributed by atoms with van der Waals surface area (Å²) in [7, 11) is 0. The van der Waals surface area contributed by atoms with Crippen molar-refractivity contribution in [3.8, 4) is 0 Å². The van der Waals surface area contributed by atoms with Gasteiger partial charge in [-0.25, -0.2) is 0 Å². The van der Waals surface area contributed by atoms with E-state index in [1.807, 2.05) is 30.3 Å². The molecule has 0 aliphatic rings. The molecule has 0 saturated heterocycles. The molecule has 1 aromatic rings. The third kappa shape index (κ3) is 13.9. The zero-order chi connectivity index (χ0) is 21.2. The molecular formula is C25H40O4. The number of carbonyl (C=O) groups is 2. The molecule has 0 aliphatic heterocycles. The maximum Gasteiger partial charge on any atom is 0.306 e. The van der Waals surface area contributed by atoms with Crippen molar-refractivity contribution in [2.45, 2.75) is 97.5 Å². The average Bonchev–Trinajstić information content (AvgIpc) is 2.75. The van der Waals surface area contributed by atoms with Crippen molar-refractivity contribution >= 4 is 11.9 Å². The van der Waals surface area contributed by atoms with Gasteiger partial charge in [-0.15, -0.1) is 0 Å². The second-order valence-corrected chi connectivity index (χ2v) is 7.87. The van der Waals surface area contributed by atoms with E-state index in [4.69, 9.17) is 9.47 Å².